The molecular formula is C17H27FN2O. The van der Waals surface area contributed by atoms with Crippen LogP contribution < -0.4 is 5.32 Å². The number of nitrogens with zero attached hydrogens (tertiary/aromatic N) is 1. The second-order valence-corrected chi connectivity index (χ2v) is 5.78. The maximum absolute atomic E-state index is 13.4. The van der Waals surface area contributed by atoms with E-state index in [-0.39, 0.29) is 11.9 Å². The average Bonchev–Trinajstić information content (AvgIpc) is 2.52. The van der Waals surface area contributed by atoms with E-state index in [2.05, 4.69) is 24.2 Å². The molecule has 21 heavy (non-hydrogen) atoms. The van der Waals surface area contributed by atoms with E-state index >= 15 is 0 Å². The van der Waals surface area contributed by atoms with Crippen LogP contribution in [0.4, 0.5) is 4.39 Å². The molecule has 1 fully saturated rings. The minimum atomic E-state index is -0.159. The Morgan fingerprint density at radius 1 is 1.38 bits per heavy atom. The van der Waals surface area contributed by atoms with E-state index in [4.69, 9.17) is 4.74 Å². The Hall–Kier alpha value is -0.970. The first kappa shape index (κ1) is 16.4. The van der Waals surface area contributed by atoms with Crippen LogP contribution in [0.15, 0.2) is 24.3 Å². The zero-order chi connectivity index (χ0) is 15.1. The first-order valence-electron chi connectivity index (χ1n) is 7.97. The van der Waals surface area contributed by atoms with Crippen molar-refractivity contribution in [1.29, 1.82) is 0 Å². The second-order valence-electron chi connectivity index (χ2n) is 5.78. The van der Waals surface area contributed by atoms with E-state index in [1.54, 1.807) is 12.1 Å². The van der Waals surface area contributed by atoms with Crippen molar-refractivity contribution in [3.8, 4) is 0 Å². The lowest BCUT2D eigenvalue weighted by Crippen LogP contribution is -2.38. The minimum absolute atomic E-state index is 0.159. The van der Waals surface area contributed by atoms with Gasteiger partial charge in [0.25, 0.3) is 0 Å². The quantitative estimate of drug-likeness (QED) is 0.837. The van der Waals surface area contributed by atoms with E-state index in [0.717, 1.165) is 51.1 Å². The normalized spacial score (nSPS) is 18.1. The van der Waals surface area contributed by atoms with Gasteiger partial charge in [-0.1, -0.05) is 19.1 Å². The number of ether oxygens (including phenoxy) is 1. The molecule has 0 bridgehead atoms. The fraction of sp³-hybridized carbons (Fsp3) is 0.647. The van der Waals surface area contributed by atoms with Gasteiger partial charge in [-0.2, -0.15) is 0 Å². The van der Waals surface area contributed by atoms with Gasteiger partial charge < -0.3 is 15.0 Å². The van der Waals surface area contributed by atoms with Gasteiger partial charge in [-0.25, -0.2) is 4.39 Å². The molecule has 1 aliphatic rings. The number of benzene rings is 1. The van der Waals surface area contributed by atoms with E-state index in [1.807, 2.05) is 6.07 Å². The van der Waals surface area contributed by atoms with Crippen molar-refractivity contribution in [3.05, 3.63) is 35.6 Å². The molecule has 0 aliphatic carbocycles. The Labute approximate surface area is 127 Å². The molecule has 0 amide bonds. The van der Waals surface area contributed by atoms with Crippen molar-refractivity contribution in [1.82, 2.24) is 10.2 Å². The lowest BCUT2D eigenvalue weighted by Gasteiger charge is -2.32. The molecule has 118 valence electrons. The van der Waals surface area contributed by atoms with Crippen LogP contribution in [-0.2, 0) is 4.74 Å². The molecule has 0 radical (unpaired) electrons. The Kier molecular flexibility index (Phi) is 6.61. The topological polar surface area (TPSA) is 24.5 Å². The number of halogens is 1. The van der Waals surface area contributed by atoms with Crippen molar-refractivity contribution < 1.29 is 9.13 Å². The highest BCUT2D eigenvalue weighted by Gasteiger charge is 2.19. The van der Waals surface area contributed by atoms with Crippen LogP contribution in [-0.4, -0.2) is 44.3 Å². The summed E-state index contributed by atoms with van der Waals surface area (Å²) in [5.41, 5.74) is 1.04. The van der Waals surface area contributed by atoms with E-state index in [9.17, 15) is 4.39 Å². The largest absolute Gasteiger partial charge is 0.381 e. The summed E-state index contributed by atoms with van der Waals surface area (Å²) in [7, 11) is 2.19. The van der Waals surface area contributed by atoms with E-state index < -0.39 is 0 Å². The second kappa shape index (κ2) is 8.47. The molecule has 1 atom stereocenters. The maximum Gasteiger partial charge on any atom is 0.123 e. The maximum atomic E-state index is 13.4. The summed E-state index contributed by atoms with van der Waals surface area (Å²) in [6, 6.07) is 7.77. The lowest BCUT2D eigenvalue weighted by molar-refractivity contribution is 0.0419. The fourth-order valence-corrected chi connectivity index (χ4v) is 3.00. The third-order valence-corrected chi connectivity index (χ3v) is 4.29. The molecule has 1 aliphatic heterocycles. The summed E-state index contributed by atoms with van der Waals surface area (Å²) in [5, 5.41) is 3.47. The Balaban J connectivity index is 1.90. The van der Waals surface area contributed by atoms with E-state index in [1.165, 1.54) is 6.07 Å². The van der Waals surface area contributed by atoms with Crippen LogP contribution in [0.3, 0.4) is 0 Å². The highest BCUT2D eigenvalue weighted by molar-refractivity contribution is 5.20. The Morgan fingerprint density at radius 2 is 2.14 bits per heavy atom. The van der Waals surface area contributed by atoms with Crippen LogP contribution in [0.25, 0.3) is 0 Å². The van der Waals surface area contributed by atoms with Crippen molar-refractivity contribution >= 4 is 0 Å². The molecule has 1 N–H and O–H groups in total. The summed E-state index contributed by atoms with van der Waals surface area (Å²) in [6.45, 7) is 5.74. The monoisotopic (exact) mass is 294 g/mol. The summed E-state index contributed by atoms with van der Waals surface area (Å²) < 4.78 is 18.8. The zero-order valence-electron chi connectivity index (χ0n) is 13.1. The lowest BCUT2D eigenvalue weighted by atomic mass is 10.0. The third-order valence-electron chi connectivity index (χ3n) is 4.29. The van der Waals surface area contributed by atoms with Crippen molar-refractivity contribution in [2.24, 2.45) is 0 Å². The molecule has 1 aromatic rings. The molecule has 1 saturated heterocycles. The molecule has 4 heteroatoms. The molecule has 3 nitrogen and oxygen atoms in total. The third kappa shape index (κ3) is 5.06. The van der Waals surface area contributed by atoms with Crippen molar-refractivity contribution in [2.45, 2.75) is 38.3 Å². The van der Waals surface area contributed by atoms with Gasteiger partial charge in [-0.15, -0.1) is 0 Å². The average molecular weight is 294 g/mol. The summed E-state index contributed by atoms with van der Waals surface area (Å²) in [5.74, 6) is -0.159. The fourth-order valence-electron chi connectivity index (χ4n) is 3.00. The molecule has 1 aromatic carbocycles. The van der Waals surface area contributed by atoms with E-state index in [0.29, 0.717) is 6.04 Å². The summed E-state index contributed by atoms with van der Waals surface area (Å²) in [6.07, 6.45) is 3.22. The highest BCUT2D eigenvalue weighted by atomic mass is 19.1. The molecule has 0 spiro atoms. The first-order chi connectivity index (χ1) is 10.2. The van der Waals surface area contributed by atoms with Gasteiger partial charge in [0.1, 0.15) is 5.82 Å². The van der Waals surface area contributed by atoms with Gasteiger partial charge in [-0.3, -0.25) is 0 Å². The molecule has 0 saturated carbocycles. The summed E-state index contributed by atoms with van der Waals surface area (Å²) in [4.78, 5) is 2.42. The van der Waals surface area contributed by atoms with Crippen molar-refractivity contribution in [3.63, 3.8) is 0 Å². The smallest absolute Gasteiger partial charge is 0.123 e. The van der Waals surface area contributed by atoms with Crippen LogP contribution in [0.5, 0.6) is 0 Å². The number of nitrogens with one attached hydrogen (secondary N) is 1. The van der Waals surface area contributed by atoms with Crippen LogP contribution in [0.1, 0.15) is 37.8 Å². The van der Waals surface area contributed by atoms with Crippen LogP contribution >= 0.6 is 0 Å². The SMILES string of the molecule is CCNC(CCN(C)C1CCOCC1)c1cccc(F)c1. The minimum Gasteiger partial charge on any atom is -0.381 e. The van der Waals surface area contributed by atoms with Crippen LogP contribution in [0, 0.1) is 5.82 Å². The summed E-state index contributed by atoms with van der Waals surface area (Å²) >= 11 is 0. The van der Waals surface area contributed by atoms with Crippen LogP contribution in [0.2, 0.25) is 0 Å². The number of hydrogen-bond acceptors (Lipinski definition) is 3. The molecule has 0 aromatic heterocycles. The van der Waals surface area contributed by atoms with Gasteiger partial charge in [0.15, 0.2) is 0 Å². The standard InChI is InChI=1S/C17H27FN2O/c1-3-19-17(14-5-4-6-15(18)13-14)7-10-20(2)16-8-11-21-12-9-16/h4-6,13,16-17,19H,3,7-12H2,1-2H3. The number of hydrogen-bond donors (Lipinski definition) is 1. The molecule has 1 heterocycles. The van der Waals surface area contributed by atoms with Crippen molar-refractivity contribution in [2.75, 3.05) is 33.4 Å². The Morgan fingerprint density at radius 3 is 2.81 bits per heavy atom. The first-order valence-corrected chi connectivity index (χ1v) is 7.97. The highest BCUT2D eigenvalue weighted by Crippen LogP contribution is 2.20. The van der Waals surface area contributed by atoms with Gasteiger partial charge in [-0.05, 0) is 57.1 Å². The molecule has 2 rings (SSSR count). The van der Waals surface area contributed by atoms with Gasteiger partial charge in [0.2, 0.25) is 0 Å². The predicted molar refractivity (Wildman–Crippen MR) is 83.9 cm³/mol. The van der Waals surface area contributed by atoms with Gasteiger partial charge in [0.05, 0.1) is 0 Å². The number of rotatable bonds is 7. The zero-order valence-corrected chi connectivity index (χ0v) is 13.1. The molecular weight excluding hydrogens is 267 g/mol. The predicted octanol–water partition coefficient (Wildman–Crippen LogP) is 2.98. The Bertz CT molecular complexity index is 421. The molecule has 1 unspecified atom stereocenters. The van der Waals surface area contributed by atoms with Gasteiger partial charge in [0, 0.05) is 25.3 Å². The van der Waals surface area contributed by atoms with Gasteiger partial charge >= 0.3 is 0 Å².